The van der Waals surface area contributed by atoms with E-state index in [0.717, 1.165) is 31.1 Å². The number of carbonyl (C=O) groups excluding carboxylic acids is 1. The van der Waals surface area contributed by atoms with Gasteiger partial charge in [-0.1, -0.05) is 6.42 Å². The van der Waals surface area contributed by atoms with Gasteiger partial charge in [-0.2, -0.15) is 0 Å². The fourth-order valence-corrected chi connectivity index (χ4v) is 2.64. The van der Waals surface area contributed by atoms with Gasteiger partial charge < -0.3 is 15.2 Å². The van der Waals surface area contributed by atoms with Crippen LogP contribution in [0.5, 0.6) is 11.5 Å². The summed E-state index contributed by atoms with van der Waals surface area (Å²) in [6.45, 7) is 0.559. The number of hydrogen-bond acceptors (Lipinski definition) is 4. The van der Waals surface area contributed by atoms with E-state index in [9.17, 15) is 4.79 Å². The largest absolute Gasteiger partial charge is 0.493 e. The highest BCUT2D eigenvalue weighted by molar-refractivity contribution is 5.80. The van der Waals surface area contributed by atoms with Crippen molar-refractivity contribution >= 4 is 6.29 Å². The van der Waals surface area contributed by atoms with E-state index in [1.807, 2.05) is 6.07 Å². The Labute approximate surface area is 107 Å². The van der Waals surface area contributed by atoms with E-state index in [-0.39, 0.29) is 5.41 Å². The van der Waals surface area contributed by atoms with E-state index in [0.29, 0.717) is 23.6 Å². The summed E-state index contributed by atoms with van der Waals surface area (Å²) in [6, 6.07) is 3.63. The van der Waals surface area contributed by atoms with Crippen LogP contribution in [-0.2, 0) is 5.41 Å². The van der Waals surface area contributed by atoms with E-state index >= 15 is 0 Å². The molecule has 0 heterocycles. The molecule has 0 bridgehead atoms. The molecule has 0 amide bonds. The Kier molecular flexibility index (Phi) is 3.57. The molecule has 1 saturated carbocycles. The van der Waals surface area contributed by atoms with E-state index in [1.54, 1.807) is 20.3 Å². The Hall–Kier alpha value is -1.55. The summed E-state index contributed by atoms with van der Waals surface area (Å²) in [5.74, 6) is 1.23. The molecule has 4 heteroatoms. The molecule has 1 aliphatic carbocycles. The first-order chi connectivity index (χ1) is 8.70. The van der Waals surface area contributed by atoms with Crippen LogP contribution in [0.1, 0.15) is 35.2 Å². The number of nitrogens with two attached hydrogens (primary N) is 1. The zero-order chi connectivity index (χ0) is 13.2. The smallest absolute Gasteiger partial charge is 0.161 e. The SMILES string of the molecule is COc1cc(C=O)c(C2(CN)CCC2)cc1OC. The Morgan fingerprint density at radius 3 is 2.28 bits per heavy atom. The molecule has 1 aromatic carbocycles. The van der Waals surface area contributed by atoms with Crippen molar-refractivity contribution in [3.05, 3.63) is 23.3 Å². The summed E-state index contributed by atoms with van der Waals surface area (Å²) >= 11 is 0. The molecule has 1 aromatic rings. The van der Waals surface area contributed by atoms with Crippen LogP contribution in [0.4, 0.5) is 0 Å². The van der Waals surface area contributed by atoms with Crippen molar-refractivity contribution in [2.45, 2.75) is 24.7 Å². The number of methoxy groups -OCH3 is 2. The summed E-state index contributed by atoms with van der Waals surface area (Å²) in [5, 5.41) is 0. The third-order valence-electron chi connectivity index (χ3n) is 3.96. The lowest BCUT2D eigenvalue weighted by Gasteiger charge is -2.42. The lowest BCUT2D eigenvalue weighted by Crippen LogP contribution is -2.42. The summed E-state index contributed by atoms with van der Waals surface area (Å²) < 4.78 is 10.5. The minimum atomic E-state index is -0.0597. The second kappa shape index (κ2) is 4.98. The first-order valence-electron chi connectivity index (χ1n) is 6.12. The third-order valence-corrected chi connectivity index (χ3v) is 3.96. The van der Waals surface area contributed by atoms with Crippen molar-refractivity contribution in [2.24, 2.45) is 5.73 Å². The number of ether oxygens (including phenoxy) is 2. The lowest BCUT2D eigenvalue weighted by molar-refractivity contribution is 0.111. The molecule has 0 saturated heterocycles. The second-order valence-electron chi connectivity index (χ2n) is 4.75. The molecule has 2 rings (SSSR count). The lowest BCUT2D eigenvalue weighted by atomic mass is 9.63. The third kappa shape index (κ3) is 1.86. The molecular weight excluding hydrogens is 230 g/mol. The van der Waals surface area contributed by atoms with Gasteiger partial charge in [-0.15, -0.1) is 0 Å². The summed E-state index contributed by atoms with van der Waals surface area (Å²) in [7, 11) is 3.16. The fraction of sp³-hybridized carbons (Fsp3) is 0.500. The van der Waals surface area contributed by atoms with Crippen LogP contribution in [0.2, 0.25) is 0 Å². The normalized spacial score (nSPS) is 16.8. The van der Waals surface area contributed by atoms with E-state index < -0.39 is 0 Å². The fourth-order valence-electron chi connectivity index (χ4n) is 2.64. The molecular formula is C14H19NO3. The molecule has 0 aromatic heterocycles. The number of aldehydes is 1. The maximum Gasteiger partial charge on any atom is 0.161 e. The topological polar surface area (TPSA) is 61.5 Å². The van der Waals surface area contributed by atoms with Gasteiger partial charge in [-0.25, -0.2) is 0 Å². The molecule has 1 aliphatic rings. The summed E-state index contributed by atoms with van der Waals surface area (Å²) in [6.07, 6.45) is 4.08. The predicted molar refractivity (Wildman–Crippen MR) is 69.5 cm³/mol. The molecule has 1 fully saturated rings. The van der Waals surface area contributed by atoms with Gasteiger partial charge in [0.1, 0.15) is 6.29 Å². The van der Waals surface area contributed by atoms with Crippen molar-refractivity contribution < 1.29 is 14.3 Å². The molecule has 4 nitrogen and oxygen atoms in total. The van der Waals surface area contributed by atoms with Crippen LogP contribution in [0, 0.1) is 0 Å². The Balaban J connectivity index is 2.55. The molecule has 0 aliphatic heterocycles. The molecule has 0 unspecified atom stereocenters. The van der Waals surface area contributed by atoms with Gasteiger partial charge in [-0.05, 0) is 30.5 Å². The number of benzene rings is 1. The van der Waals surface area contributed by atoms with Crippen LogP contribution in [0.3, 0.4) is 0 Å². The number of carbonyl (C=O) groups is 1. The van der Waals surface area contributed by atoms with Crippen molar-refractivity contribution in [3.8, 4) is 11.5 Å². The standard InChI is InChI=1S/C14H19NO3/c1-17-12-6-10(8-16)11(7-13(12)18-2)14(9-15)4-3-5-14/h6-8H,3-5,9,15H2,1-2H3. The highest BCUT2D eigenvalue weighted by atomic mass is 16.5. The van der Waals surface area contributed by atoms with Crippen molar-refractivity contribution in [2.75, 3.05) is 20.8 Å². The molecule has 0 spiro atoms. The van der Waals surface area contributed by atoms with Gasteiger partial charge in [0.15, 0.2) is 11.5 Å². The molecule has 18 heavy (non-hydrogen) atoms. The average Bonchev–Trinajstić information content (AvgIpc) is 2.37. The van der Waals surface area contributed by atoms with Crippen LogP contribution < -0.4 is 15.2 Å². The highest BCUT2D eigenvalue weighted by Gasteiger charge is 2.39. The molecule has 0 radical (unpaired) electrons. The van der Waals surface area contributed by atoms with Gasteiger partial charge in [0.2, 0.25) is 0 Å². The molecule has 0 atom stereocenters. The van der Waals surface area contributed by atoms with Gasteiger partial charge in [0.05, 0.1) is 14.2 Å². The maximum absolute atomic E-state index is 11.3. The summed E-state index contributed by atoms with van der Waals surface area (Å²) in [5.41, 5.74) is 7.48. The highest BCUT2D eigenvalue weighted by Crippen LogP contribution is 2.46. The molecule has 2 N–H and O–H groups in total. The van der Waals surface area contributed by atoms with Gasteiger partial charge in [-0.3, -0.25) is 4.79 Å². The van der Waals surface area contributed by atoms with Gasteiger partial charge in [0, 0.05) is 17.5 Å². The average molecular weight is 249 g/mol. The maximum atomic E-state index is 11.3. The predicted octanol–water partition coefficient (Wildman–Crippen LogP) is 1.90. The van der Waals surface area contributed by atoms with E-state index in [4.69, 9.17) is 15.2 Å². The van der Waals surface area contributed by atoms with Crippen molar-refractivity contribution in [1.29, 1.82) is 0 Å². The minimum Gasteiger partial charge on any atom is -0.493 e. The van der Waals surface area contributed by atoms with E-state index in [2.05, 4.69) is 0 Å². The summed E-state index contributed by atoms with van der Waals surface area (Å²) in [4.78, 5) is 11.3. The van der Waals surface area contributed by atoms with Crippen LogP contribution >= 0.6 is 0 Å². The first kappa shape index (κ1) is 12.9. The zero-order valence-electron chi connectivity index (χ0n) is 10.9. The van der Waals surface area contributed by atoms with Crippen molar-refractivity contribution in [1.82, 2.24) is 0 Å². The van der Waals surface area contributed by atoms with E-state index in [1.165, 1.54) is 0 Å². The second-order valence-corrected chi connectivity index (χ2v) is 4.75. The Morgan fingerprint density at radius 1 is 1.28 bits per heavy atom. The van der Waals surface area contributed by atoms with Crippen LogP contribution in [0.15, 0.2) is 12.1 Å². The minimum absolute atomic E-state index is 0.0597. The van der Waals surface area contributed by atoms with Crippen LogP contribution in [0.25, 0.3) is 0 Å². The number of hydrogen-bond donors (Lipinski definition) is 1. The quantitative estimate of drug-likeness (QED) is 0.810. The Bertz CT molecular complexity index is 447. The Morgan fingerprint density at radius 2 is 1.89 bits per heavy atom. The van der Waals surface area contributed by atoms with Gasteiger partial charge in [0.25, 0.3) is 0 Å². The zero-order valence-corrected chi connectivity index (χ0v) is 10.9. The first-order valence-corrected chi connectivity index (χ1v) is 6.12. The van der Waals surface area contributed by atoms with Crippen LogP contribution in [-0.4, -0.2) is 27.1 Å². The molecule has 98 valence electrons. The monoisotopic (exact) mass is 249 g/mol. The van der Waals surface area contributed by atoms with Crippen molar-refractivity contribution in [3.63, 3.8) is 0 Å². The van der Waals surface area contributed by atoms with Gasteiger partial charge >= 0.3 is 0 Å². The number of rotatable bonds is 5.